The standard InChI is InChI=1S/C9H19NO2.C2H6/c1-8-6-9(7-10(8)2)12-5-4-11-3;1-2/h8-9H,4-7H2,1-3H3;1-2H3. The van der Waals surface area contributed by atoms with Crippen LogP contribution in [0.1, 0.15) is 27.2 Å². The molecule has 3 nitrogen and oxygen atoms in total. The summed E-state index contributed by atoms with van der Waals surface area (Å²) in [6, 6.07) is 0.664. The Balaban J connectivity index is 0.000000791. The van der Waals surface area contributed by atoms with Gasteiger partial charge in [-0.3, -0.25) is 0 Å². The molecular formula is C11H25NO2. The van der Waals surface area contributed by atoms with Gasteiger partial charge < -0.3 is 14.4 Å². The average molecular weight is 203 g/mol. The second-order valence-corrected chi connectivity index (χ2v) is 3.51. The predicted molar refractivity (Wildman–Crippen MR) is 59.7 cm³/mol. The lowest BCUT2D eigenvalue weighted by atomic mass is 10.2. The maximum atomic E-state index is 5.62. The monoisotopic (exact) mass is 203 g/mol. The number of hydrogen-bond donors (Lipinski definition) is 0. The fourth-order valence-electron chi connectivity index (χ4n) is 1.55. The zero-order valence-electron chi connectivity index (χ0n) is 10.2. The summed E-state index contributed by atoms with van der Waals surface area (Å²) in [5.74, 6) is 0. The maximum absolute atomic E-state index is 5.62. The van der Waals surface area contributed by atoms with Crippen LogP contribution in [0.15, 0.2) is 0 Å². The Labute approximate surface area is 88.4 Å². The predicted octanol–water partition coefficient (Wildman–Crippen LogP) is 1.77. The highest BCUT2D eigenvalue weighted by Gasteiger charge is 2.26. The molecule has 2 unspecified atom stereocenters. The van der Waals surface area contributed by atoms with Crippen molar-refractivity contribution >= 4 is 0 Å². The van der Waals surface area contributed by atoms with E-state index in [9.17, 15) is 0 Å². The summed E-state index contributed by atoms with van der Waals surface area (Å²) in [6.07, 6.45) is 1.57. The summed E-state index contributed by atoms with van der Waals surface area (Å²) in [7, 11) is 3.84. The largest absolute Gasteiger partial charge is 0.382 e. The summed E-state index contributed by atoms with van der Waals surface area (Å²) in [4.78, 5) is 2.33. The van der Waals surface area contributed by atoms with Crippen molar-refractivity contribution in [2.24, 2.45) is 0 Å². The van der Waals surface area contributed by atoms with Gasteiger partial charge in [0.1, 0.15) is 0 Å². The molecule has 0 aromatic rings. The summed E-state index contributed by atoms with van der Waals surface area (Å²) in [5.41, 5.74) is 0. The van der Waals surface area contributed by atoms with E-state index in [0.717, 1.165) is 19.6 Å². The smallest absolute Gasteiger partial charge is 0.0717 e. The van der Waals surface area contributed by atoms with E-state index in [1.165, 1.54) is 0 Å². The molecule has 1 rings (SSSR count). The minimum Gasteiger partial charge on any atom is -0.382 e. The van der Waals surface area contributed by atoms with Gasteiger partial charge in [0.2, 0.25) is 0 Å². The van der Waals surface area contributed by atoms with Crippen molar-refractivity contribution < 1.29 is 9.47 Å². The van der Waals surface area contributed by atoms with E-state index in [-0.39, 0.29) is 0 Å². The molecule has 14 heavy (non-hydrogen) atoms. The first-order chi connectivity index (χ1) is 6.74. The van der Waals surface area contributed by atoms with Crippen molar-refractivity contribution in [3.63, 3.8) is 0 Å². The summed E-state index contributed by atoms with van der Waals surface area (Å²) in [6.45, 7) is 8.72. The summed E-state index contributed by atoms with van der Waals surface area (Å²) < 4.78 is 10.5. The molecule has 86 valence electrons. The number of likely N-dealkylation sites (N-methyl/N-ethyl adjacent to an activating group) is 1. The van der Waals surface area contributed by atoms with Crippen LogP contribution in [0, 0.1) is 0 Å². The number of likely N-dealkylation sites (tertiary alicyclic amines) is 1. The van der Waals surface area contributed by atoms with E-state index in [1.54, 1.807) is 7.11 Å². The average Bonchev–Trinajstić information content (AvgIpc) is 2.50. The van der Waals surface area contributed by atoms with Crippen LogP contribution in [0.3, 0.4) is 0 Å². The first kappa shape index (κ1) is 13.9. The Morgan fingerprint density at radius 3 is 2.36 bits per heavy atom. The Morgan fingerprint density at radius 2 is 1.93 bits per heavy atom. The van der Waals surface area contributed by atoms with Crippen LogP contribution in [0.5, 0.6) is 0 Å². The van der Waals surface area contributed by atoms with Crippen molar-refractivity contribution in [2.45, 2.75) is 39.3 Å². The zero-order valence-corrected chi connectivity index (χ0v) is 10.2. The van der Waals surface area contributed by atoms with Gasteiger partial charge in [0.15, 0.2) is 0 Å². The third kappa shape index (κ3) is 4.94. The molecule has 1 aliphatic rings. The van der Waals surface area contributed by atoms with Gasteiger partial charge in [-0.2, -0.15) is 0 Å². The Hall–Kier alpha value is -0.120. The number of nitrogens with zero attached hydrogens (tertiary/aromatic N) is 1. The van der Waals surface area contributed by atoms with Gasteiger partial charge in [-0.25, -0.2) is 0 Å². The first-order valence-electron chi connectivity index (χ1n) is 5.55. The van der Waals surface area contributed by atoms with Crippen molar-refractivity contribution in [3.05, 3.63) is 0 Å². The van der Waals surface area contributed by atoms with E-state index in [2.05, 4.69) is 18.9 Å². The van der Waals surface area contributed by atoms with E-state index in [0.29, 0.717) is 18.8 Å². The molecule has 2 atom stereocenters. The zero-order chi connectivity index (χ0) is 11.0. The van der Waals surface area contributed by atoms with Gasteiger partial charge in [-0.15, -0.1) is 0 Å². The highest BCUT2D eigenvalue weighted by molar-refractivity contribution is 4.80. The van der Waals surface area contributed by atoms with Crippen LogP contribution >= 0.6 is 0 Å². The number of rotatable bonds is 4. The Morgan fingerprint density at radius 1 is 1.29 bits per heavy atom. The molecule has 1 heterocycles. The highest BCUT2D eigenvalue weighted by Crippen LogP contribution is 2.17. The Bertz CT molecular complexity index is 120. The third-order valence-electron chi connectivity index (χ3n) is 2.49. The maximum Gasteiger partial charge on any atom is 0.0717 e. The first-order valence-corrected chi connectivity index (χ1v) is 5.55. The van der Waals surface area contributed by atoms with Crippen LogP contribution in [0.4, 0.5) is 0 Å². The summed E-state index contributed by atoms with van der Waals surface area (Å²) in [5, 5.41) is 0. The second kappa shape index (κ2) is 8.21. The molecule has 0 amide bonds. The fourth-order valence-corrected chi connectivity index (χ4v) is 1.55. The minimum atomic E-state index is 0.417. The molecule has 3 heteroatoms. The van der Waals surface area contributed by atoms with Gasteiger partial charge in [0.05, 0.1) is 19.3 Å². The lowest BCUT2D eigenvalue weighted by Crippen LogP contribution is -2.23. The number of ether oxygens (including phenoxy) is 2. The normalized spacial score (nSPS) is 27.2. The van der Waals surface area contributed by atoms with Crippen molar-refractivity contribution in [3.8, 4) is 0 Å². The van der Waals surface area contributed by atoms with Crippen LogP contribution in [0.25, 0.3) is 0 Å². The van der Waals surface area contributed by atoms with Crippen LogP contribution in [0.2, 0.25) is 0 Å². The number of hydrogen-bond acceptors (Lipinski definition) is 3. The van der Waals surface area contributed by atoms with Crippen molar-refractivity contribution in [1.82, 2.24) is 4.90 Å². The molecule has 0 bridgehead atoms. The molecule has 0 aromatic heterocycles. The quantitative estimate of drug-likeness (QED) is 0.650. The SMILES string of the molecule is CC.COCCOC1CC(C)N(C)C1. The molecule has 0 saturated carbocycles. The van der Waals surface area contributed by atoms with Gasteiger partial charge in [-0.1, -0.05) is 13.8 Å². The van der Waals surface area contributed by atoms with Crippen molar-refractivity contribution in [2.75, 3.05) is 33.9 Å². The molecule has 0 N–H and O–H groups in total. The molecule has 1 fully saturated rings. The van der Waals surface area contributed by atoms with E-state index in [1.807, 2.05) is 13.8 Å². The molecule has 0 aromatic carbocycles. The topological polar surface area (TPSA) is 21.7 Å². The van der Waals surface area contributed by atoms with E-state index in [4.69, 9.17) is 9.47 Å². The number of methoxy groups -OCH3 is 1. The lowest BCUT2D eigenvalue weighted by Gasteiger charge is -2.12. The molecule has 0 radical (unpaired) electrons. The fraction of sp³-hybridized carbons (Fsp3) is 1.00. The molecule has 0 spiro atoms. The van der Waals surface area contributed by atoms with Gasteiger partial charge in [-0.05, 0) is 20.4 Å². The van der Waals surface area contributed by atoms with Crippen LogP contribution < -0.4 is 0 Å². The van der Waals surface area contributed by atoms with Gasteiger partial charge in [0.25, 0.3) is 0 Å². The third-order valence-corrected chi connectivity index (χ3v) is 2.49. The van der Waals surface area contributed by atoms with Gasteiger partial charge >= 0.3 is 0 Å². The minimum absolute atomic E-state index is 0.417. The van der Waals surface area contributed by atoms with E-state index >= 15 is 0 Å². The van der Waals surface area contributed by atoms with Gasteiger partial charge in [0, 0.05) is 19.7 Å². The van der Waals surface area contributed by atoms with Crippen molar-refractivity contribution in [1.29, 1.82) is 0 Å². The van der Waals surface area contributed by atoms with E-state index < -0.39 is 0 Å². The molecule has 1 saturated heterocycles. The van der Waals surface area contributed by atoms with Crippen LogP contribution in [-0.4, -0.2) is 51.0 Å². The second-order valence-electron chi connectivity index (χ2n) is 3.51. The lowest BCUT2D eigenvalue weighted by molar-refractivity contribution is 0.0231. The summed E-state index contributed by atoms with van der Waals surface area (Å²) >= 11 is 0. The molecule has 1 aliphatic heterocycles. The Kier molecular flexibility index (Phi) is 8.14. The molecule has 0 aliphatic carbocycles. The molecular weight excluding hydrogens is 178 g/mol. The van der Waals surface area contributed by atoms with Crippen LogP contribution in [-0.2, 0) is 9.47 Å². The highest BCUT2D eigenvalue weighted by atomic mass is 16.5.